The van der Waals surface area contributed by atoms with E-state index in [-0.39, 0.29) is 0 Å². The molecule has 0 unspecified atom stereocenters. The molecule has 4 nitrogen and oxygen atoms in total. The molecule has 0 amide bonds. The normalized spacial score (nSPS) is 12.2. The lowest BCUT2D eigenvalue weighted by molar-refractivity contribution is 1.08. The highest BCUT2D eigenvalue weighted by Gasteiger charge is 2.24. The predicted molar refractivity (Wildman–Crippen MR) is 261 cm³/mol. The van der Waals surface area contributed by atoms with Gasteiger partial charge in [-0.25, -0.2) is 9.97 Å². The van der Waals surface area contributed by atoms with E-state index in [1.54, 1.807) is 0 Å². The zero-order valence-corrected chi connectivity index (χ0v) is 33.4. The van der Waals surface area contributed by atoms with Crippen LogP contribution in [0.1, 0.15) is 0 Å². The summed E-state index contributed by atoms with van der Waals surface area (Å²) in [7, 11) is 0. The molecule has 0 bridgehead atoms. The number of hydrogen-bond acceptors (Lipinski definition) is 2. The van der Waals surface area contributed by atoms with Gasteiger partial charge in [-0.2, -0.15) is 0 Å². The molecule has 4 heteroatoms. The first-order chi connectivity index (χ1) is 30.8. The van der Waals surface area contributed by atoms with E-state index in [0.717, 1.165) is 61.1 Å². The molecular formula is C58H34N4. The van der Waals surface area contributed by atoms with Crippen molar-refractivity contribution in [3.63, 3.8) is 0 Å². The summed E-state index contributed by atoms with van der Waals surface area (Å²) in [6.07, 6.45) is 0. The maximum Gasteiger partial charge on any atom is 0.165 e. The second kappa shape index (κ2) is 12.6. The van der Waals surface area contributed by atoms with Gasteiger partial charge in [-0.1, -0.05) is 158 Å². The summed E-state index contributed by atoms with van der Waals surface area (Å²) in [5, 5.41) is 17.0. The number of aromatic nitrogens is 4. The summed E-state index contributed by atoms with van der Waals surface area (Å²) in [5.41, 5.74) is 9.18. The highest BCUT2D eigenvalue weighted by atomic mass is 15.1. The molecule has 62 heavy (non-hydrogen) atoms. The zero-order valence-electron chi connectivity index (χ0n) is 33.4. The van der Waals surface area contributed by atoms with Gasteiger partial charge in [-0.15, -0.1) is 0 Å². The van der Waals surface area contributed by atoms with E-state index < -0.39 is 0 Å². The SMILES string of the molecule is c1ccc(-n2c3ccccc3c3ccc(-c4nc5c(ccc6ccccc65)nc4-n4c5cc6ccccc6cc5c5c6c7ccccc7c7ccccc7c6ccc54)cc32)cc1. The molecule has 3 aromatic heterocycles. The number of nitrogens with zero attached hydrogens (tertiary/aromatic N) is 4. The first-order valence-electron chi connectivity index (χ1n) is 21.2. The van der Waals surface area contributed by atoms with Crippen LogP contribution in [0.3, 0.4) is 0 Å². The highest BCUT2D eigenvalue weighted by Crippen LogP contribution is 2.46. The molecule has 0 N–H and O–H groups in total. The molecule has 0 atom stereocenters. The number of hydrogen-bond donors (Lipinski definition) is 0. The Morgan fingerprint density at radius 3 is 1.68 bits per heavy atom. The van der Waals surface area contributed by atoms with Crippen LogP contribution in [0, 0.1) is 0 Å². The Kier molecular flexibility index (Phi) is 6.80. The Morgan fingerprint density at radius 1 is 0.306 bits per heavy atom. The van der Waals surface area contributed by atoms with Crippen molar-refractivity contribution in [2.24, 2.45) is 0 Å². The fourth-order valence-electron chi connectivity index (χ4n) is 10.5. The molecule has 0 aliphatic rings. The van der Waals surface area contributed by atoms with Gasteiger partial charge in [-0.3, -0.25) is 4.57 Å². The van der Waals surface area contributed by atoms with Gasteiger partial charge in [-0.05, 0) is 91.6 Å². The molecule has 0 spiro atoms. The summed E-state index contributed by atoms with van der Waals surface area (Å²) < 4.78 is 4.78. The van der Waals surface area contributed by atoms with Crippen LogP contribution in [0.25, 0.3) is 131 Å². The minimum absolute atomic E-state index is 0.800. The predicted octanol–water partition coefficient (Wildman–Crippen LogP) is 15.3. The largest absolute Gasteiger partial charge is 0.309 e. The Balaban J connectivity index is 1.17. The van der Waals surface area contributed by atoms with E-state index in [4.69, 9.17) is 9.97 Å². The van der Waals surface area contributed by atoms with Gasteiger partial charge in [0.25, 0.3) is 0 Å². The second-order valence-corrected chi connectivity index (χ2v) is 16.5. The van der Waals surface area contributed by atoms with Crippen molar-refractivity contribution < 1.29 is 0 Å². The van der Waals surface area contributed by atoms with Gasteiger partial charge in [0.1, 0.15) is 5.69 Å². The Hall–Kier alpha value is -8.34. The fourth-order valence-corrected chi connectivity index (χ4v) is 10.5. The number of fused-ring (bicyclic) bond motifs is 17. The van der Waals surface area contributed by atoms with Gasteiger partial charge < -0.3 is 4.57 Å². The van der Waals surface area contributed by atoms with Crippen molar-refractivity contribution in [3.05, 3.63) is 206 Å². The van der Waals surface area contributed by atoms with Crippen molar-refractivity contribution in [1.82, 2.24) is 19.1 Å². The molecule has 0 aliphatic heterocycles. The van der Waals surface area contributed by atoms with Crippen molar-refractivity contribution in [3.8, 4) is 22.8 Å². The van der Waals surface area contributed by atoms with E-state index in [0.29, 0.717) is 0 Å². The number of rotatable bonds is 3. The molecular weight excluding hydrogens is 753 g/mol. The van der Waals surface area contributed by atoms with Crippen LogP contribution in [0.2, 0.25) is 0 Å². The number of para-hydroxylation sites is 2. The van der Waals surface area contributed by atoms with E-state index >= 15 is 0 Å². The lowest BCUT2D eigenvalue weighted by Crippen LogP contribution is -2.04. The summed E-state index contributed by atoms with van der Waals surface area (Å²) in [4.78, 5) is 11.4. The molecule has 0 saturated heterocycles. The third-order valence-corrected chi connectivity index (χ3v) is 13.2. The van der Waals surface area contributed by atoms with Gasteiger partial charge in [0, 0.05) is 43.6 Å². The quantitative estimate of drug-likeness (QED) is 0.167. The van der Waals surface area contributed by atoms with Gasteiger partial charge >= 0.3 is 0 Å². The van der Waals surface area contributed by atoms with Gasteiger partial charge in [0.05, 0.1) is 33.1 Å². The maximum atomic E-state index is 5.73. The van der Waals surface area contributed by atoms with E-state index in [9.17, 15) is 0 Å². The van der Waals surface area contributed by atoms with E-state index in [2.05, 4.69) is 215 Å². The average molecular weight is 787 g/mol. The van der Waals surface area contributed by atoms with E-state index in [1.807, 2.05) is 0 Å². The van der Waals surface area contributed by atoms with Crippen LogP contribution >= 0.6 is 0 Å². The van der Waals surface area contributed by atoms with E-state index in [1.165, 1.54) is 70.2 Å². The summed E-state index contributed by atoms with van der Waals surface area (Å²) in [5.74, 6) is 0.800. The molecule has 3 heterocycles. The van der Waals surface area contributed by atoms with Crippen LogP contribution in [0.5, 0.6) is 0 Å². The van der Waals surface area contributed by atoms with Crippen molar-refractivity contribution >= 4 is 109 Å². The van der Waals surface area contributed by atoms with Crippen molar-refractivity contribution in [2.45, 2.75) is 0 Å². The van der Waals surface area contributed by atoms with Gasteiger partial charge in [0.15, 0.2) is 5.82 Å². The standard InChI is InChI=1S/C58H34N4/c1-2-17-39(18-3-1)61-50-25-13-12-23-44(50)45-28-26-38(34-52(45)61)56-58(59-49-30-27-35-14-6-7-19-40(35)57(49)60-56)62-51-31-29-47-43-22-9-8-20-41(43)42-21-10-11-24-46(42)54(47)55(51)48-32-36-15-4-5-16-37(36)33-53(48)62/h1-34H. The van der Waals surface area contributed by atoms with Gasteiger partial charge in [0.2, 0.25) is 0 Å². The smallest absolute Gasteiger partial charge is 0.165 e. The summed E-state index contributed by atoms with van der Waals surface area (Å²) in [6, 6.07) is 74.8. The minimum atomic E-state index is 0.800. The minimum Gasteiger partial charge on any atom is -0.309 e. The van der Waals surface area contributed by atoms with Crippen LogP contribution < -0.4 is 0 Å². The van der Waals surface area contributed by atoms with Crippen LogP contribution in [0.4, 0.5) is 0 Å². The zero-order chi connectivity index (χ0) is 40.5. The number of benzene rings is 11. The van der Waals surface area contributed by atoms with Crippen LogP contribution in [-0.2, 0) is 0 Å². The topological polar surface area (TPSA) is 35.6 Å². The second-order valence-electron chi connectivity index (χ2n) is 16.5. The highest BCUT2D eigenvalue weighted by molar-refractivity contribution is 6.36. The Bertz CT molecular complexity index is 4180. The molecule has 0 aliphatic carbocycles. The molecule has 286 valence electrons. The van der Waals surface area contributed by atoms with Crippen molar-refractivity contribution in [2.75, 3.05) is 0 Å². The Labute approximate surface area is 355 Å². The summed E-state index contributed by atoms with van der Waals surface area (Å²) >= 11 is 0. The summed E-state index contributed by atoms with van der Waals surface area (Å²) in [6.45, 7) is 0. The Morgan fingerprint density at radius 2 is 0.887 bits per heavy atom. The fraction of sp³-hybridized carbons (Fsp3) is 0. The lowest BCUT2D eigenvalue weighted by Gasteiger charge is -2.16. The molecule has 11 aromatic carbocycles. The first-order valence-corrected chi connectivity index (χ1v) is 21.2. The molecule has 0 saturated carbocycles. The third-order valence-electron chi connectivity index (χ3n) is 13.2. The maximum absolute atomic E-state index is 5.73. The molecule has 0 fully saturated rings. The molecule has 0 radical (unpaired) electrons. The van der Waals surface area contributed by atoms with Crippen LogP contribution in [-0.4, -0.2) is 19.1 Å². The average Bonchev–Trinajstić information content (AvgIpc) is 3.84. The molecule has 14 aromatic rings. The van der Waals surface area contributed by atoms with Crippen molar-refractivity contribution in [1.29, 1.82) is 0 Å². The lowest BCUT2D eigenvalue weighted by atomic mass is 9.91. The van der Waals surface area contributed by atoms with Crippen LogP contribution in [0.15, 0.2) is 206 Å². The third kappa shape index (κ3) is 4.61. The monoisotopic (exact) mass is 786 g/mol. The first kappa shape index (κ1) is 33.5. The molecule has 14 rings (SSSR count).